The summed E-state index contributed by atoms with van der Waals surface area (Å²) >= 11 is 0. The number of guanidine groups is 1. The number of halogens is 1. The van der Waals surface area contributed by atoms with Gasteiger partial charge in [0.15, 0.2) is 5.96 Å². The molecule has 0 aliphatic carbocycles. The number of rotatable bonds is 5. The molecule has 0 spiro atoms. The van der Waals surface area contributed by atoms with Gasteiger partial charge in [-0.25, -0.2) is 9.98 Å². The van der Waals surface area contributed by atoms with Crippen LogP contribution in [0.3, 0.4) is 0 Å². The van der Waals surface area contributed by atoms with Crippen molar-refractivity contribution in [1.82, 2.24) is 20.1 Å². The van der Waals surface area contributed by atoms with Crippen molar-refractivity contribution in [1.29, 1.82) is 0 Å². The Labute approximate surface area is 197 Å². The summed E-state index contributed by atoms with van der Waals surface area (Å²) in [5.74, 6) is 1.88. The minimum atomic E-state index is -0.139. The molecule has 8 nitrogen and oxygen atoms in total. The molecule has 1 aromatic heterocycles. The second-order valence-corrected chi connectivity index (χ2v) is 8.00. The standard InChI is InChI=1S/C21H34N6O2.HI/c1-5-22-21(27-14-16(2)18(15-27)20(28)29-4)24-13-17-6-7-19(23-12-17)26-10-8-25(3)9-11-26;/h6-7,12,16,18H,5,8-11,13-15H2,1-4H3,(H,22,24);1H. The molecular formula is C21H35IN6O2. The molecule has 2 aliphatic rings. The molecule has 2 fully saturated rings. The van der Waals surface area contributed by atoms with Gasteiger partial charge in [0, 0.05) is 52.0 Å². The Morgan fingerprint density at radius 1 is 1.27 bits per heavy atom. The van der Waals surface area contributed by atoms with E-state index in [4.69, 9.17) is 9.73 Å². The highest BCUT2D eigenvalue weighted by Crippen LogP contribution is 2.24. The van der Waals surface area contributed by atoms with Crippen LogP contribution in [0.1, 0.15) is 19.4 Å². The average Bonchev–Trinajstić information content (AvgIpc) is 3.13. The van der Waals surface area contributed by atoms with Crippen LogP contribution in [0.5, 0.6) is 0 Å². The first-order valence-corrected chi connectivity index (χ1v) is 10.5. The number of pyridine rings is 1. The van der Waals surface area contributed by atoms with E-state index in [1.165, 1.54) is 7.11 Å². The Morgan fingerprint density at radius 2 is 2.00 bits per heavy atom. The first kappa shape index (κ1) is 24.6. The fraction of sp³-hybridized carbons (Fsp3) is 0.667. The van der Waals surface area contributed by atoms with Crippen molar-refractivity contribution in [2.45, 2.75) is 20.4 Å². The molecule has 0 radical (unpaired) electrons. The predicted molar refractivity (Wildman–Crippen MR) is 130 cm³/mol. The van der Waals surface area contributed by atoms with Crippen LogP contribution in [-0.4, -0.2) is 86.7 Å². The number of carbonyl (C=O) groups is 1. The Balaban J connectivity index is 0.00000320. The van der Waals surface area contributed by atoms with E-state index in [9.17, 15) is 4.79 Å². The number of aromatic nitrogens is 1. The highest BCUT2D eigenvalue weighted by molar-refractivity contribution is 14.0. The van der Waals surface area contributed by atoms with Crippen molar-refractivity contribution in [3.05, 3.63) is 23.9 Å². The number of piperazine rings is 1. The van der Waals surface area contributed by atoms with Crippen LogP contribution in [0.2, 0.25) is 0 Å². The van der Waals surface area contributed by atoms with Gasteiger partial charge in [0.2, 0.25) is 0 Å². The van der Waals surface area contributed by atoms with Crippen LogP contribution in [0.25, 0.3) is 0 Å². The molecule has 2 unspecified atom stereocenters. The molecule has 0 bridgehead atoms. The topological polar surface area (TPSA) is 73.3 Å². The number of nitrogens with one attached hydrogen (secondary N) is 1. The van der Waals surface area contributed by atoms with Crippen LogP contribution in [0.15, 0.2) is 23.3 Å². The van der Waals surface area contributed by atoms with Crippen LogP contribution < -0.4 is 10.2 Å². The summed E-state index contributed by atoms with van der Waals surface area (Å²) in [6, 6.07) is 4.20. The molecule has 168 valence electrons. The Kier molecular flexibility index (Phi) is 9.60. The second kappa shape index (κ2) is 11.7. The number of aliphatic imine (C=N–C) groups is 1. The van der Waals surface area contributed by atoms with E-state index in [2.05, 4.69) is 58.0 Å². The summed E-state index contributed by atoms with van der Waals surface area (Å²) in [6.45, 7) is 11.1. The normalized spacial score (nSPS) is 22.6. The molecule has 0 aromatic carbocycles. The second-order valence-electron chi connectivity index (χ2n) is 8.00. The molecule has 2 aliphatic heterocycles. The van der Waals surface area contributed by atoms with Gasteiger partial charge in [0.1, 0.15) is 5.82 Å². The van der Waals surface area contributed by atoms with Gasteiger partial charge in [-0.3, -0.25) is 4.79 Å². The van der Waals surface area contributed by atoms with E-state index in [1.807, 2.05) is 6.20 Å². The fourth-order valence-corrected chi connectivity index (χ4v) is 3.92. The Hall–Kier alpha value is -1.62. The van der Waals surface area contributed by atoms with Gasteiger partial charge in [-0.15, -0.1) is 24.0 Å². The maximum absolute atomic E-state index is 12.0. The van der Waals surface area contributed by atoms with E-state index in [0.717, 1.165) is 56.6 Å². The SMILES string of the molecule is CCNC(=NCc1ccc(N2CCN(C)CC2)nc1)N1CC(C)C(C(=O)OC)C1.I. The lowest BCUT2D eigenvalue weighted by Crippen LogP contribution is -2.44. The molecule has 0 saturated carbocycles. The van der Waals surface area contributed by atoms with E-state index in [0.29, 0.717) is 13.1 Å². The highest BCUT2D eigenvalue weighted by Gasteiger charge is 2.36. The minimum Gasteiger partial charge on any atom is -0.469 e. The third-order valence-corrected chi connectivity index (χ3v) is 5.80. The number of anilines is 1. The van der Waals surface area contributed by atoms with Gasteiger partial charge in [0.25, 0.3) is 0 Å². The smallest absolute Gasteiger partial charge is 0.310 e. The molecule has 3 rings (SSSR count). The fourth-order valence-electron chi connectivity index (χ4n) is 3.92. The van der Waals surface area contributed by atoms with Crippen molar-refractivity contribution in [3.63, 3.8) is 0 Å². The van der Waals surface area contributed by atoms with Gasteiger partial charge in [-0.1, -0.05) is 13.0 Å². The van der Waals surface area contributed by atoms with Crippen LogP contribution in [0.4, 0.5) is 5.82 Å². The molecule has 1 N–H and O–H groups in total. The van der Waals surface area contributed by atoms with Crippen molar-refractivity contribution in [2.75, 3.05) is 64.9 Å². The monoisotopic (exact) mass is 530 g/mol. The van der Waals surface area contributed by atoms with Gasteiger partial charge in [0.05, 0.1) is 19.6 Å². The first-order chi connectivity index (χ1) is 14.0. The predicted octanol–water partition coefficient (Wildman–Crippen LogP) is 1.66. The van der Waals surface area contributed by atoms with Crippen molar-refractivity contribution in [2.24, 2.45) is 16.8 Å². The quantitative estimate of drug-likeness (QED) is 0.269. The summed E-state index contributed by atoms with van der Waals surface area (Å²) in [5, 5.41) is 3.35. The van der Waals surface area contributed by atoms with Crippen molar-refractivity contribution < 1.29 is 9.53 Å². The van der Waals surface area contributed by atoms with Gasteiger partial charge >= 0.3 is 5.97 Å². The average molecular weight is 530 g/mol. The van der Waals surface area contributed by atoms with Crippen LogP contribution in [0, 0.1) is 11.8 Å². The Morgan fingerprint density at radius 3 is 2.60 bits per heavy atom. The maximum atomic E-state index is 12.0. The number of carbonyl (C=O) groups excluding carboxylic acids is 1. The molecule has 30 heavy (non-hydrogen) atoms. The largest absolute Gasteiger partial charge is 0.469 e. The number of likely N-dealkylation sites (tertiary alicyclic amines) is 1. The third-order valence-electron chi connectivity index (χ3n) is 5.80. The zero-order chi connectivity index (χ0) is 20.8. The number of esters is 1. The van der Waals surface area contributed by atoms with E-state index in [-0.39, 0.29) is 41.8 Å². The van der Waals surface area contributed by atoms with E-state index in [1.54, 1.807) is 0 Å². The molecule has 2 saturated heterocycles. The number of methoxy groups -OCH3 is 1. The number of nitrogens with zero attached hydrogens (tertiary/aromatic N) is 5. The summed E-state index contributed by atoms with van der Waals surface area (Å²) in [6.07, 6.45) is 1.92. The summed E-state index contributed by atoms with van der Waals surface area (Å²) in [4.78, 5) is 28.3. The summed E-state index contributed by atoms with van der Waals surface area (Å²) < 4.78 is 4.95. The Bertz CT molecular complexity index is 706. The zero-order valence-corrected chi connectivity index (χ0v) is 20.8. The number of likely N-dealkylation sites (N-methyl/N-ethyl adjacent to an activating group) is 1. The lowest BCUT2D eigenvalue weighted by molar-refractivity contribution is -0.145. The molecule has 2 atom stereocenters. The van der Waals surface area contributed by atoms with Crippen LogP contribution >= 0.6 is 24.0 Å². The molecule has 3 heterocycles. The summed E-state index contributed by atoms with van der Waals surface area (Å²) in [7, 11) is 3.61. The first-order valence-electron chi connectivity index (χ1n) is 10.5. The van der Waals surface area contributed by atoms with Gasteiger partial charge in [-0.05, 0) is 31.5 Å². The molecular weight excluding hydrogens is 495 g/mol. The lowest BCUT2D eigenvalue weighted by atomic mass is 9.99. The van der Waals surface area contributed by atoms with Crippen molar-refractivity contribution in [3.8, 4) is 0 Å². The van der Waals surface area contributed by atoms with Gasteiger partial charge < -0.3 is 24.8 Å². The molecule has 9 heteroatoms. The molecule has 1 aromatic rings. The lowest BCUT2D eigenvalue weighted by Gasteiger charge is -2.33. The van der Waals surface area contributed by atoms with Gasteiger partial charge in [-0.2, -0.15) is 0 Å². The van der Waals surface area contributed by atoms with Crippen LogP contribution in [-0.2, 0) is 16.1 Å². The van der Waals surface area contributed by atoms with E-state index >= 15 is 0 Å². The summed E-state index contributed by atoms with van der Waals surface area (Å²) in [5.41, 5.74) is 1.08. The maximum Gasteiger partial charge on any atom is 0.310 e. The van der Waals surface area contributed by atoms with Crippen molar-refractivity contribution >= 4 is 41.7 Å². The number of hydrogen-bond donors (Lipinski definition) is 1. The highest BCUT2D eigenvalue weighted by atomic mass is 127. The number of hydrogen-bond acceptors (Lipinski definition) is 6. The van der Waals surface area contributed by atoms with E-state index < -0.39 is 0 Å². The molecule has 0 amide bonds. The third kappa shape index (κ3) is 6.19. The minimum absolute atomic E-state index is 0. The number of ether oxygens (including phenoxy) is 1. The zero-order valence-electron chi connectivity index (χ0n) is 18.5.